The predicted molar refractivity (Wildman–Crippen MR) is 81.7 cm³/mol. The van der Waals surface area contributed by atoms with Crippen LogP contribution in [0.4, 0.5) is 5.69 Å². The smallest absolute Gasteiger partial charge is 0.193 e. The summed E-state index contributed by atoms with van der Waals surface area (Å²) in [6, 6.07) is 14.8. The van der Waals surface area contributed by atoms with E-state index in [0.29, 0.717) is 16.8 Å². The molecule has 0 saturated heterocycles. The first kappa shape index (κ1) is 13.7. The summed E-state index contributed by atoms with van der Waals surface area (Å²) in [5.41, 5.74) is 7.67. The van der Waals surface area contributed by atoms with Gasteiger partial charge >= 0.3 is 0 Å². The maximum absolute atomic E-state index is 12.2. The average molecular weight is 271 g/mol. The van der Waals surface area contributed by atoms with Gasteiger partial charge in [-0.15, -0.1) is 11.8 Å². The minimum absolute atomic E-state index is 0.0343. The van der Waals surface area contributed by atoms with Crippen LogP contribution in [0.25, 0.3) is 0 Å². The standard InChI is InChI=1S/C16H17NOS/c1-2-11-19-15-9-5-13(6-10-15)16(18)12-3-7-14(17)8-4-12/h3-10H,2,11,17H2,1H3. The van der Waals surface area contributed by atoms with Gasteiger partial charge < -0.3 is 5.73 Å². The second-order valence-electron chi connectivity index (χ2n) is 4.32. The van der Waals surface area contributed by atoms with E-state index >= 15 is 0 Å². The van der Waals surface area contributed by atoms with E-state index in [1.807, 2.05) is 36.0 Å². The fourth-order valence-corrected chi connectivity index (χ4v) is 2.49. The van der Waals surface area contributed by atoms with Gasteiger partial charge in [-0.1, -0.05) is 6.92 Å². The van der Waals surface area contributed by atoms with Crippen molar-refractivity contribution in [2.75, 3.05) is 11.5 Å². The van der Waals surface area contributed by atoms with E-state index in [2.05, 4.69) is 6.92 Å². The summed E-state index contributed by atoms with van der Waals surface area (Å²) in [5.74, 6) is 1.14. The molecule has 2 nitrogen and oxygen atoms in total. The van der Waals surface area contributed by atoms with E-state index < -0.39 is 0 Å². The topological polar surface area (TPSA) is 43.1 Å². The van der Waals surface area contributed by atoms with Crippen LogP contribution in [0.2, 0.25) is 0 Å². The molecule has 2 rings (SSSR count). The molecule has 0 spiro atoms. The van der Waals surface area contributed by atoms with Gasteiger partial charge in [-0.2, -0.15) is 0 Å². The molecular weight excluding hydrogens is 254 g/mol. The van der Waals surface area contributed by atoms with Crippen molar-refractivity contribution in [2.24, 2.45) is 0 Å². The third-order valence-corrected chi connectivity index (χ3v) is 3.98. The Bertz CT molecular complexity index is 546. The number of thioether (sulfide) groups is 1. The summed E-state index contributed by atoms with van der Waals surface area (Å²) >= 11 is 1.81. The number of anilines is 1. The van der Waals surface area contributed by atoms with E-state index in [4.69, 9.17) is 5.73 Å². The summed E-state index contributed by atoms with van der Waals surface area (Å²) < 4.78 is 0. The van der Waals surface area contributed by atoms with Gasteiger partial charge in [0.1, 0.15) is 0 Å². The molecule has 0 heterocycles. The Kier molecular flexibility index (Phi) is 4.63. The first-order valence-electron chi connectivity index (χ1n) is 6.34. The Balaban J connectivity index is 2.13. The van der Waals surface area contributed by atoms with Gasteiger partial charge in [0.2, 0.25) is 0 Å². The maximum Gasteiger partial charge on any atom is 0.193 e. The zero-order valence-corrected chi connectivity index (χ0v) is 11.7. The van der Waals surface area contributed by atoms with Gasteiger partial charge in [-0.25, -0.2) is 0 Å². The Morgan fingerprint density at radius 3 is 2.05 bits per heavy atom. The van der Waals surface area contributed by atoms with E-state index in [0.717, 1.165) is 12.2 Å². The molecular formula is C16H17NOS. The Morgan fingerprint density at radius 2 is 1.53 bits per heavy atom. The molecule has 0 aliphatic heterocycles. The number of carbonyl (C=O) groups excluding carboxylic acids is 1. The quantitative estimate of drug-likeness (QED) is 0.508. The Hall–Kier alpha value is -1.74. The van der Waals surface area contributed by atoms with Crippen molar-refractivity contribution in [3.05, 3.63) is 59.7 Å². The van der Waals surface area contributed by atoms with Crippen molar-refractivity contribution < 1.29 is 4.79 Å². The lowest BCUT2D eigenvalue weighted by Gasteiger charge is -2.04. The second kappa shape index (κ2) is 6.43. The molecule has 2 aromatic carbocycles. The van der Waals surface area contributed by atoms with Crippen LogP contribution >= 0.6 is 11.8 Å². The Morgan fingerprint density at radius 1 is 1.00 bits per heavy atom. The lowest BCUT2D eigenvalue weighted by molar-refractivity contribution is 0.103. The van der Waals surface area contributed by atoms with Crippen LogP contribution in [0.15, 0.2) is 53.4 Å². The predicted octanol–water partition coefficient (Wildman–Crippen LogP) is 4.00. The molecule has 0 fully saturated rings. The number of nitrogens with two attached hydrogens (primary N) is 1. The minimum Gasteiger partial charge on any atom is -0.399 e. The van der Waals surface area contributed by atoms with Gasteiger partial charge in [0.05, 0.1) is 0 Å². The molecule has 0 aliphatic rings. The van der Waals surface area contributed by atoms with Crippen LogP contribution in [0.3, 0.4) is 0 Å². The fraction of sp³-hybridized carbons (Fsp3) is 0.188. The molecule has 0 radical (unpaired) electrons. The van der Waals surface area contributed by atoms with Crippen LogP contribution in [-0.2, 0) is 0 Å². The number of benzene rings is 2. The third-order valence-electron chi connectivity index (χ3n) is 2.76. The molecule has 2 N–H and O–H groups in total. The van der Waals surface area contributed by atoms with E-state index in [9.17, 15) is 4.79 Å². The third kappa shape index (κ3) is 3.61. The van der Waals surface area contributed by atoms with Crippen molar-refractivity contribution in [3.63, 3.8) is 0 Å². The number of hydrogen-bond donors (Lipinski definition) is 1. The van der Waals surface area contributed by atoms with Crippen molar-refractivity contribution in [2.45, 2.75) is 18.2 Å². The number of nitrogen functional groups attached to an aromatic ring is 1. The zero-order chi connectivity index (χ0) is 13.7. The summed E-state index contributed by atoms with van der Waals surface area (Å²) in [6.07, 6.45) is 1.15. The first-order valence-corrected chi connectivity index (χ1v) is 7.32. The number of carbonyl (C=O) groups is 1. The molecule has 2 aromatic rings. The van der Waals surface area contributed by atoms with Crippen molar-refractivity contribution in [3.8, 4) is 0 Å². The van der Waals surface area contributed by atoms with Crippen LogP contribution in [-0.4, -0.2) is 11.5 Å². The molecule has 3 heteroatoms. The second-order valence-corrected chi connectivity index (χ2v) is 5.49. The average Bonchev–Trinajstić information content (AvgIpc) is 2.46. The summed E-state index contributed by atoms with van der Waals surface area (Å²) in [4.78, 5) is 13.4. The van der Waals surface area contributed by atoms with Crippen LogP contribution < -0.4 is 5.73 Å². The molecule has 0 atom stereocenters. The number of ketones is 1. The largest absolute Gasteiger partial charge is 0.399 e. The normalized spacial score (nSPS) is 10.4. The molecule has 0 unspecified atom stereocenters. The minimum atomic E-state index is 0.0343. The molecule has 0 saturated carbocycles. The van der Waals surface area contributed by atoms with Gasteiger partial charge in [0.25, 0.3) is 0 Å². The SMILES string of the molecule is CCCSc1ccc(C(=O)c2ccc(N)cc2)cc1. The van der Waals surface area contributed by atoms with Gasteiger partial charge in [-0.05, 0) is 60.7 Å². The Labute approximate surface area is 118 Å². The van der Waals surface area contributed by atoms with Gasteiger partial charge in [0.15, 0.2) is 5.78 Å². The fourth-order valence-electron chi connectivity index (χ4n) is 1.72. The zero-order valence-electron chi connectivity index (χ0n) is 10.9. The summed E-state index contributed by atoms with van der Waals surface area (Å²) in [7, 11) is 0. The van der Waals surface area contributed by atoms with Crippen molar-refractivity contribution in [1.82, 2.24) is 0 Å². The van der Waals surface area contributed by atoms with E-state index in [1.165, 1.54) is 4.90 Å². The molecule has 0 bridgehead atoms. The van der Waals surface area contributed by atoms with Crippen LogP contribution in [0.1, 0.15) is 29.3 Å². The highest BCUT2D eigenvalue weighted by atomic mass is 32.2. The van der Waals surface area contributed by atoms with Gasteiger partial charge in [-0.3, -0.25) is 4.79 Å². The van der Waals surface area contributed by atoms with Gasteiger partial charge in [0, 0.05) is 21.7 Å². The van der Waals surface area contributed by atoms with Crippen molar-refractivity contribution in [1.29, 1.82) is 0 Å². The highest BCUT2D eigenvalue weighted by Gasteiger charge is 2.08. The molecule has 0 aliphatic carbocycles. The number of rotatable bonds is 5. The summed E-state index contributed by atoms with van der Waals surface area (Å²) in [6.45, 7) is 2.16. The molecule has 0 aromatic heterocycles. The number of hydrogen-bond acceptors (Lipinski definition) is 3. The summed E-state index contributed by atoms with van der Waals surface area (Å²) in [5, 5.41) is 0. The monoisotopic (exact) mass is 271 g/mol. The van der Waals surface area contributed by atoms with E-state index in [-0.39, 0.29) is 5.78 Å². The lowest BCUT2D eigenvalue weighted by atomic mass is 10.0. The molecule has 19 heavy (non-hydrogen) atoms. The highest BCUT2D eigenvalue weighted by Crippen LogP contribution is 2.20. The van der Waals surface area contributed by atoms with Crippen molar-refractivity contribution >= 4 is 23.2 Å². The molecule has 0 amide bonds. The first-order chi connectivity index (χ1) is 9.20. The lowest BCUT2D eigenvalue weighted by Crippen LogP contribution is -2.01. The van der Waals surface area contributed by atoms with Crippen LogP contribution in [0, 0.1) is 0 Å². The maximum atomic E-state index is 12.2. The van der Waals surface area contributed by atoms with Crippen LogP contribution in [0.5, 0.6) is 0 Å². The highest BCUT2D eigenvalue weighted by molar-refractivity contribution is 7.99. The van der Waals surface area contributed by atoms with E-state index in [1.54, 1.807) is 24.3 Å². The molecule has 98 valence electrons.